The van der Waals surface area contributed by atoms with Gasteiger partial charge in [-0.05, 0) is 13.0 Å². The molecule has 0 saturated heterocycles. The molecule has 8 heteroatoms. The van der Waals surface area contributed by atoms with Crippen LogP contribution in [0.15, 0.2) is 16.7 Å². The van der Waals surface area contributed by atoms with Crippen LogP contribution in [0, 0.1) is 6.92 Å². The summed E-state index contributed by atoms with van der Waals surface area (Å²) in [5.41, 5.74) is 0.574. The summed E-state index contributed by atoms with van der Waals surface area (Å²) in [4.78, 5) is 28.6. The zero-order valence-corrected chi connectivity index (χ0v) is 13.4. The van der Waals surface area contributed by atoms with Gasteiger partial charge in [0.1, 0.15) is 10.6 Å². The molecule has 0 aromatic carbocycles. The lowest BCUT2D eigenvalue weighted by Crippen LogP contribution is -2.28. The molecule has 2 aromatic heterocycles. The predicted molar refractivity (Wildman–Crippen MR) is 82.1 cm³/mol. The Hall–Kier alpha value is -2.35. The second kappa shape index (κ2) is 7.08. The number of urea groups is 1. The molecule has 0 unspecified atom stereocenters. The lowest BCUT2D eigenvalue weighted by Gasteiger charge is -2.05. The Morgan fingerprint density at radius 2 is 2.23 bits per heavy atom. The molecule has 0 bridgehead atoms. The maximum Gasteiger partial charge on any atom is 0.348 e. The lowest BCUT2D eigenvalue weighted by atomic mass is 10.3. The van der Waals surface area contributed by atoms with E-state index in [1.54, 1.807) is 12.3 Å². The Labute approximate surface area is 131 Å². The fourth-order valence-electron chi connectivity index (χ4n) is 1.72. The molecule has 2 amide bonds. The third-order valence-electron chi connectivity index (χ3n) is 2.90. The van der Waals surface area contributed by atoms with Gasteiger partial charge in [0.05, 0.1) is 25.5 Å². The van der Waals surface area contributed by atoms with E-state index in [1.807, 2.05) is 13.8 Å². The zero-order chi connectivity index (χ0) is 16.1. The van der Waals surface area contributed by atoms with Gasteiger partial charge >= 0.3 is 12.0 Å². The Morgan fingerprint density at radius 3 is 2.86 bits per heavy atom. The van der Waals surface area contributed by atoms with Crippen LogP contribution in [0.5, 0.6) is 0 Å². The van der Waals surface area contributed by atoms with Gasteiger partial charge in [-0.2, -0.15) is 0 Å². The monoisotopic (exact) mass is 323 g/mol. The molecule has 2 aromatic rings. The molecule has 0 aliphatic heterocycles. The minimum Gasteiger partial charge on any atom is -0.465 e. The first-order valence-electron chi connectivity index (χ1n) is 6.70. The minimum absolute atomic E-state index is 0.193. The SMILES string of the molecule is CCc1cnc(CNC(=O)Nc2cc(C(=O)OC)sc2C)o1. The molecule has 0 fully saturated rings. The van der Waals surface area contributed by atoms with Crippen LogP contribution in [0.1, 0.15) is 33.1 Å². The van der Waals surface area contributed by atoms with E-state index in [-0.39, 0.29) is 6.54 Å². The number of methoxy groups -OCH3 is 1. The van der Waals surface area contributed by atoms with E-state index < -0.39 is 12.0 Å². The number of ether oxygens (including phenoxy) is 1. The van der Waals surface area contributed by atoms with Crippen molar-refractivity contribution < 1.29 is 18.7 Å². The van der Waals surface area contributed by atoms with Gasteiger partial charge in [-0.25, -0.2) is 14.6 Å². The summed E-state index contributed by atoms with van der Waals surface area (Å²) in [7, 11) is 1.32. The van der Waals surface area contributed by atoms with Crippen molar-refractivity contribution in [3.05, 3.63) is 33.7 Å². The number of rotatable bonds is 5. The number of hydrogen-bond acceptors (Lipinski definition) is 6. The largest absolute Gasteiger partial charge is 0.465 e. The van der Waals surface area contributed by atoms with Crippen LogP contribution in [0.2, 0.25) is 0 Å². The highest BCUT2D eigenvalue weighted by molar-refractivity contribution is 7.14. The number of nitrogens with zero attached hydrogens (tertiary/aromatic N) is 1. The Balaban J connectivity index is 1.91. The van der Waals surface area contributed by atoms with E-state index >= 15 is 0 Å². The molecule has 7 nitrogen and oxygen atoms in total. The van der Waals surface area contributed by atoms with Gasteiger partial charge in [-0.3, -0.25) is 0 Å². The van der Waals surface area contributed by atoms with Crippen molar-refractivity contribution in [2.45, 2.75) is 26.8 Å². The van der Waals surface area contributed by atoms with E-state index in [9.17, 15) is 9.59 Å². The second-order valence-corrected chi connectivity index (χ2v) is 5.71. The predicted octanol–water partition coefficient (Wildman–Crippen LogP) is 2.72. The average molecular weight is 323 g/mol. The molecular formula is C14H17N3O4S. The van der Waals surface area contributed by atoms with E-state index in [0.29, 0.717) is 16.5 Å². The number of amides is 2. The molecule has 118 valence electrons. The molecular weight excluding hydrogens is 306 g/mol. The molecule has 0 aliphatic carbocycles. The average Bonchev–Trinajstić information content (AvgIpc) is 3.11. The van der Waals surface area contributed by atoms with E-state index in [1.165, 1.54) is 18.4 Å². The summed E-state index contributed by atoms with van der Waals surface area (Å²) in [6.07, 6.45) is 2.39. The number of carbonyl (C=O) groups excluding carboxylic acids is 2. The summed E-state index contributed by atoms with van der Waals surface area (Å²) in [5.74, 6) is 0.798. The van der Waals surface area contributed by atoms with Gasteiger partial charge in [-0.1, -0.05) is 6.92 Å². The number of aryl methyl sites for hydroxylation is 2. The highest BCUT2D eigenvalue weighted by Gasteiger charge is 2.14. The van der Waals surface area contributed by atoms with Crippen LogP contribution in [-0.2, 0) is 17.7 Å². The Kier molecular flexibility index (Phi) is 5.16. The molecule has 0 aliphatic rings. The summed E-state index contributed by atoms with van der Waals surface area (Å²) in [5, 5.41) is 5.33. The maximum absolute atomic E-state index is 11.9. The normalized spacial score (nSPS) is 10.3. The number of oxazole rings is 1. The van der Waals surface area contributed by atoms with E-state index in [0.717, 1.165) is 17.1 Å². The first kappa shape index (κ1) is 16.0. The van der Waals surface area contributed by atoms with Gasteiger partial charge in [0.25, 0.3) is 0 Å². The second-order valence-electron chi connectivity index (χ2n) is 4.45. The number of thiophene rings is 1. The molecule has 22 heavy (non-hydrogen) atoms. The fourth-order valence-corrected chi connectivity index (χ4v) is 2.62. The Bertz CT molecular complexity index is 677. The van der Waals surface area contributed by atoms with Gasteiger partial charge in [0, 0.05) is 11.3 Å². The topological polar surface area (TPSA) is 93.5 Å². The molecule has 0 radical (unpaired) electrons. The van der Waals surface area contributed by atoms with Gasteiger partial charge in [0.15, 0.2) is 0 Å². The summed E-state index contributed by atoms with van der Waals surface area (Å²) in [6.45, 7) is 3.97. The number of carbonyl (C=O) groups is 2. The third kappa shape index (κ3) is 3.85. The number of hydrogen-bond donors (Lipinski definition) is 2. The van der Waals surface area contributed by atoms with Crippen LogP contribution in [0.3, 0.4) is 0 Å². The number of nitrogens with one attached hydrogen (secondary N) is 2. The van der Waals surface area contributed by atoms with E-state index in [2.05, 4.69) is 20.4 Å². The van der Waals surface area contributed by atoms with Crippen molar-refractivity contribution in [3.63, 3.8) is 0 Å². The third-order valence-corrected chi connectivity index (χ3v) is 3.93. The highest BCUT2D eigenvalue weighted by atomic mass is 32.1. The van der Waals surface area contributed by atoms with Crippen molar-refractivity contribution in [2.75, 3.05) is 12.4 Å². The van der Waals surface area contributed by atoms with Crippen LogP contribution in [-0.4, -0.2) is 24.1 Å². The number of esters is 1. The minimum atomic E-state index is -0.423. The standard InChI is InChI=1S/C14H17N3O4S/c1-4-9-6-15-12(21-9)7-16-14(19)17-10-5-11(13(18)20-3)22-8(10)2/h5-6H,4,7H2,1-3H3,(H2,16,17,19). The highest BCUT2D eigenvalue weighted by Crippen LogP contribution is 2.26. The van der Waals surface area contributed by atoms with Gasteiger partial charge in [0.2, 0.25) is 5.89 Å². The summed E-state index contributed by atoms with van der Waals surface area (Å²) < 4.78 is 10.0. The number of anilines is 1. The van der Waals surface area contributed by atoms with Crippen molar-refractivity contribution in [1.29, 1.82) is 0 Å². The van der Waals surface area contributed by atoms with Crippen LogP contribution < -0.4 is 10.6 Å². The first-order chi connectivity index (χ1) is 10.5. The zero-order valence-electron chi connectivity index (χ0n) is 12.6. The fraction of sp³-hybridized carbons (Fsp3) is 0.357. The first-order valence-corrected chi connectivity index (χ1v) is 7.52. The molecule has 2 heterocycles. The van der Waals surface area contributed by atoms with Crippen molar-refractivity contribution >= 4 is 29.0 Å². The molecule has 0 spiro atoms. The summed E-state index contributed by atoms with van der Waals surface area (Å²) >= 11 is 1.26. The molecule has 2 rings (SSSR count). The van der Waals surface area contributed by atoms with Gasteiger partial charge in [-0.15, -0.1) is 11.3 Å². The molecule has 0 atom stereocenters. The quantitative estimate of drug-likeness (QED) is 0.825. The van der Waals surface area contributed by atoms with Crippen molar-refractivity contribution in [1.82, 2.24) is 10.3 Å². The summed E-state index contributed by atoms with van der Waals surface area (Å²) in [6, 6.07) is 1.19. The van der Waals surface area contributed by atoms with Crippen LogP contribution in [0.25, 0.3) is 0 Å². The van der Waals surface area contributed by atoms with Crippen LogP contribution >= 0.6 is 11.3 Å². The Morgan fingerprint density at radius 1 is 1.45 bits per heavy atom. The van der Waals surface area contributed by atoms with Crippen molar-refractivity contribution in [3.8, 4) is 0 Å². The van der Waals surface area contributed by atoms with E-state index in [4.69, 9.17) is 4.42 Å². The lowest BCUT2D eigenvalue weighted by molar-refractivity contribution is 0.0606. The van der Waals surface area contributed by atoms with Crippen molar-refractivity contribution in [2.24, 2.45) is 0 Å². The molecule has 0 saturated carbocycles. The maximum atomic E-state index is 11.9. The van der Waals surface area contributed by atoms with Crippen LogP contribution in [0.4, 0.5) is 10.5 Å². The van der Waals surface area contributed by atoms with Gasteiger partial charge < -0.3 is 19.8 Å². The smallest absolute Gasteiger partial charge is 0.348 e. The number of aromatic nitrogens is 1. The molecule has 2 N–H and O–H groups in total.